The van der Waals surface area contributed by atoms with E-state index in [2.05, 4.69) is 5.10 Å². The van der Waals surface area contributed by atoms with Gasteiger partial charge in [0.05, 0.1) is 5.69 Å². The molecule has 29 heavy (non-hydrogen) atoms. The maximum Gasteiger partial charge on any atom is 0.272 e. The molecule has 1 fully saturated rings. The number of sulfonamides is 1. The van der Waals surface area contributed by atoms with Crippen LogP contribution in [0.5, 0.6) is 0 Å². The lowest BCUT2D eigenvalue weighted by atomic mass is 9.92. The van der Waals surface area contributed by atoms with Crippen molar-refractivity contribution in [2.45, 2.75) is 31.1 Å². The summed E-state index contributed by atoms with van der Waals surface area (Å²) in [7, 11) is -2.65. The molecule has 3 rings (SSSR count). The van der Waals surface area contributed by atoms with Crippen molar-refractivity contribution >= 4 is 15.9 Å². The van der Waals surface area contributed by atoms with Crippen LogP contribution in [0.3, 0.4) is 0 Å². The van der Waals surface area contributed by atoms with E-state index in [1.165, 1.54) is 9.58 Å². The maximum absolute atomic E-state index is 14.0. The molecule has 1 aromatic carbocycles. The molecule has 0 unspecified atom stereocenters. The van der Waals surface area contributed by atoms with E-state index < -0.39 is 26.6 Å². The third-order valence-electron chi connectivity index (χ3n) is 4.91. The van der Waals surface area contributed by atoms with Gasteiger partial charge in [0.1, 0.15) is 17.3 Å². The van der Waals surface area contributed by atoms with Gasteiger partial charge in [0.15, 0.2) is 4.90 Å². The Morgan fingerprint density at radius 2 is 1.62 bits per heavy atom. The summed E-state index contributed by atoms with van der Waals surface area (Å²) in [5.74, 6) is -2.52. The minimum absolute atomic E-state index is 0.0498. The van der Waals surface area contributed by atoms with Crippen LogP contribution in [0, 0.1) is 11.6 Å². The van der Waals surface area contributed by atoms with Crippen molar-refractivity contribution in [1.29, 1.82) is 0 Å². The van der Waals surface area contributed by atoms with Crippen molar-refractivity contribution in [2.24, 2.45) is 7.05 Å². The van der Waals surface area contributed by atoms with Gasteiger partial charge in [-0.2, -0.15) is 9.40 Å². The second kappa shape index (κ2) is 7.49. The highest BCUT2D eigenvalue weighted by atomic mass is 32.2. The quantitative estimate of drug-likeness (QED) is 0.754. The highest BCUT2D eigenvalue weighted by Crippen LogP contribution is 2.25. The summed E-state index contributed by atoms with van der Waals surface area (Å²) in [6, 6.07) is 4.66. The number of hydrogen-bond acceptors (Lipinski definition) is 4. The molecular formula is C19H24F2N4O3S. The predicted molar refractivity (Wildman–Crippen MR) is 103 cm³/mol. The van der Waals surface area contributed by atoms with Gasteiger partial charge in [-0.1, -0.05) is 26.8 Å². The zero-order valence-corrected chi connectivity index (χ0v) is 17.6. The lowest BCUT2D eigenvalue weighted by Crippen LogP contribution is -2.51. The van der Waals surface area contributed by atoms with Gasteiger partial charge < -0.3 is 4.90 Å². The third-order valence-corrected chi connectivity index (χ3v) is 6.86. The van der Waals surface area contributed by atoms with Crippen LogP contribution in [-0.2, 0) is 22.5 Å². The first-order chi connectivity index (χ1) is 13.4. The Morgan fingerprint density at radius 1 is 1.07 bits per heavy atom. The average Bonchev–Trinajstić information content (AvgIpc) is 3.03. The normalized spacial score (nSPS) is 16.3. The van der Waals surface area contributed by atoms with Gasteiger partial charge in [0, 0.05) is 38.6 Å². The van der Waals surface area contributed by atoms with Crippen LogP contribution in [-0.4, -0.2) is 59.5 Å². The molecule has 158 valence electrons. The molecule has 0 aliphatic carbocycles. The van der Waals surface area contributed by atoms with E-state index in [1.807, 2.05) is 20.8 Å². The molecule has 0 bridgehead atoms. The summed E-state index contributed by atoms with van der Waals surface area (Å²) < 4.78 is 55.8. The van der Waals surface area contributed by atoms with E-state index in [1.54, 1.807) is 13.1 Å². The first kappa shape index (κ1) is 21.4. The molecule has 10 heteroatoms. The van der Waals surface area contributed by atoms with E-state index in [9.17, 15) is 22.0 Å². The van der Waals surface area contributed by atoms with Crippen LogP contribution in [0.1, 0.15) is 37.0 Å². The number of hydrogen-bond donors (Lipinski definition) is 0. The van der Waals surface area contributed by atoms with Crippen molar-refractivity contribution in [1.82, 2.24) is 19.0 Å². The van der Waals surface area contributed by atoms with E-state index in [0.29, 0.717) is 5.69 Å². The summed E-state index contributed by atoms with van der Waals surface area (Å²) >= 11 is 0. The van der Waals surface area contributed by atoms with Gasteiger partial charge in [0.2, 0.25) is 10.0 Å². The molecule has 0 radical (unpaired) electrons. The molecule has 1 aromatic heterocycles. The Bertz CT molecular complexity index is 1020. The van der Waals surface area contributed by atoms with Crippen LogP contribution in [0.4, 0.5) is 8.78 Å². The summed E-state index contributed by atoms with van der Waals surface area (Å²) in [4.78, 5) is 13.4. The molecule has 2 heterocycles. The van der Waals surface area contributed by atoms with Crippen molar-refractivity contribution in [2.75, 3.05) is 26.2 Å². The van der Waals surface area contributed by atoms with Crippen LogP contribution in [0.25, 0.3) is 0 Å². The number of nitrogens with zero attached hydrogens (tertiary/aromatic N) is 4. The third kappa shape index (κ3) is 4.04. The maximum atomic E-state index is 14.0. The number of carbonyl (C=O) groups excluding carboxylic acids is 1. The molecule has 7 nitrogen and oxygen atoms in total. The van der Waals surface area contributed by atoms with E-state index in [0.717, 1.165) is 28.2 Å². The van der Waals surface area contributed by atoms with Gasteiger partial charge in [-0.3, -0.25) is 9.48 Å². The second-order valence-electron chi connectivity index (χ2n) is 8.04. The number of rotatable bonds is 3. The van der Waals surface area contributed by atoms with E-state index in [-0.39, 0.29) is 37.5 Å². The summed E-state index contributed by atoms with van der Waals surface area (Å²) in [5.41, 5.74) is 0.971. The molecule has 0 atom stereocenters. The van der Waals surface area contributed by atoms with Crippen molar-refractivity contribution in [3.05, 3.63) is 47.3 Å². The Hall–Kier alpha value is -2.33. The predicted octanol–water partition coefficient (Wildman–Crippen LogP) is 2.14. The first-order valence-corrected chi connectivity index (χ1v) is 10.6. The summed E-state index contributed by atoms with van der Waals surface area (Å²) in [5, 5.41) is 4.39. The highest BCUT2D eigenvalue weighted by Gasteiger charge is 2.35. The fourth-order valence-electron chi connectivity index (χ4n) is 3.19. The fourth-order valence-corrected chi connectivity index (χ4v) is 4.72. The van der Waals surface area contributed by atoms with Crippen molar-refractivity contribution < 1.29 is 22.0 Å². The molecule has 0 N–H and O–H groups in total. The average molecular weight is 426 g/mol. The molecule has 1 aliphatic rings. The van der Waals surface area contributed by atoms with Gasteiger partial charge in [0.25, 0.3) is 5.91 Å². The smallest absolute Gasteiger partial charge is 0.272 e. The molecule has 1 amide bonds. The van der Waals surface area contributed by atoms with Crippen LogP contribution in [0.15, 0.2) is 29.2 Å². The molecular weight excluding hydrogens is 402 g/mol. The molecule has 0 spiro atoms. The lowest BCUT2D eigenvalue weighted by Gasteiger charge is -2.34. The number of amides is 1. The number of halogens is 2. The summed E-state index contributed by atoms with van der Waals surface area (Å²) in [6.07, 6.45) is 0. The zero-order valence-electron chi connectivity index (χ0n) is 16.8. The number of carbonyl (C=O) groups is 1. The van der Waals surface area contributed by atoms with Crippen molar-refractivity contribution in [3.63, 3.8) is 0 Å². The zero-order chi connectivity index (χ0) is 21.6. The highest BCUT2D eigenvalue weighted by molar-refractivity contribution is 7.89. The van der Waals surface area contributed by atoms with E-state index >= 15 is 0 Å². The largest absolute Gasteiger partial charge is 0.335 e. The number of piperazine rings is 1. The monoisotopic (exact) mass is 426 g/mol. The minimum atomic E-state index is -4.33. The van der Waals surface area contributed by atoms with Crippen LogP contribution < -0.4 is 0 Å². The minimum Gasteiger partial charge on any atom is -0.335 e. The molecule has 2 aromatic rings. The first-order valence-electron chi connectivity index (χ1n) is 9.21. The number of aromatic nitrogens is 2. The van der Waals surface area contributed by atoms with Gasteiger partial charge in [-0.15, -0.1) is 0 Å². The van der Waals surface area contributed by atoms with Crippen LogP contribution in [0.2, 0.25) is 0 Å². The Morgan fingerprint density at radius 3 is 2.10 bits per heavy atom. The van der Waals surface area contributed by atoms with Crippen LogP contribution >= 0.6 is 0 Å². The Labute approximate surface area is 169 Å². The standard InChI is InChI=1S/C19H24F2N4O3S/c1-19(2,3)16-12-15(23(4)22-16)18(26)24-8-10-25(11-9-24)29(27,28)17-13(20)6-5-7-14(17)21/h5-7,12H,8-11H2,1-4H3. The second-order valence-corrected chi connectivity index (χ2v) is 9.91. The Balaban J connectivity index is 1.76. The number of aryl methyl sites for hydroxylation is 1. The van der Waals surface area contributed by atoms with Gasteiger partial charge >= 0.3 is 0 Å². The number of benzene rings is 1. The van der Waals surface area contributed by atoms with E-state index in [4.69, 9.17) is 0 Å². The molecule has 1 aliphatic heterocycles. The molecule has 0 saturated carbocycles. The molecule has 1 saturated heterocycles. The van der Waals surface area contributed by atoms with Crippen molar-refractivity contribution in [3.8, 4) is 0 Å². The van der Waals surface area contributed by atoms with Gasteiger partial charge in [-0.05, 0) is 18.2 Å². The summed E-state index contributed by atoms with van der Waals surface area (Å²) in [6.45, 7) is 6.12. The topological polar surface area (TPSA) is 75.5 Å². The SMILES string of the molecule is Cn1nc(C(C)(C)C)cc1C(=O)N1CCN(S(=O)(=O)c2c(F)cccc2F)CC1. The van der Waals surface area contributed by atoms with Gasteiger partial charge in [-0.25, -0.2) is 17.2 Å². The fraction of sp³-hybridized carbons (Fsp3) is 0.474. The Kier molecular flexibility index (Phi) is 5.52. The lowest BCUT2D eigenvalue weighted by molar-refractivity contribution is 0.0686.